The van der Waals surface area contributed by atoms with Gasteiger partial charge in [0.05, 0.1) is 19.3 Å². The number of amides is 1. The third-order valence-corrected chi connectivity index (χ3v) is 11.4. The fourth-order valence-electron chi connectivity index (χ4n) is 3.90. The number of carbonyl (C=O) groups is 1. The lowest BCUT2D eigenvalue weighted by Crippen LogP contribution is -2.43. The second-order valence-corrected chi connectivity index (χ2v) is 15.6. The minimum absolute atomic E-state index is 0.117. The summed E-state index contributed by atoms with van der Waals surface area (Å²) in [5.41, 5.74) is 5.94. The van der Waals surface area contributed by atoms with Gasteiger partial charge in [-0.2, -0.15) is 0 Å². The van der Waals surface area contributed by atoms with Gasteiger partial charge in [-0.3, -0.25) is 9.88 Å². The SMILES string of the molecule is COc1c(C)cnc(CN(C(=O)O)c2cc(C)cc(-c3ccc(O[Si](C)(C)C(C)(C)C)cc3)c2)c1C. The molecule has 1 amide bonds. The fraction of sp³-hybridized carbons (Fsp3) is 0.379. The molecule has 0 radical (unpaired) electrons. The third-order valence-electron chi connectivity index (χ3n) is 7.03. The molecule has 2 aromatic carbocycles. The van der Waals surface area contributed by atoms with Gasteiger partial charge < -0.3 is 14.3 Å². The first-order valence-corrected chi connectivity index (χ1v) is 15.0. The molecular formula is C29H38N2O4Si. The number of aryl methyl sites for hydroxylation is 2. The van der Waals surface area contributed by atoms with E-state index in [1.165, 1.54) is 4.90 Å². The summed E-state index contributed by atoms with van der Waals surface area (Å²) >= 11 is 0. The number of benzene rings is 2. The zero-order chi connectivity index (χ0) is 26.8. The van der Waals surface area contributed by atoms with Gasteiger partial charge in [-0.25, -0.2) is 4.79 Å². The Morgan fingerprint density at radius 2 is 1.67 bits per heavy atom. The van der Waals surface area contributed by atoms with E-state index in [4.69, 9.17) is 9.16 Å². The first-order chi connectivity index (χ1) is 16.7. The van der Waals surface area contributed by atoms with E-state index in [-0.39, 0.29) is 11.6 Å². The van der Waals surface area contributed by atoms with Gasteiger partial charge in [0.2, 0.25) is 8.32 Å². The molecule has 0 unspecified atom stereocenters. The summed E-state index contributed by atoms with van der Waals surface area (Å²) in [6, 6.07) is 13.9. The molecule has 36 heavy (non-hydrogen) atoms. The van der Waals surface area contributed by atoms with E-state index in [1.807, 2.05) is 57.2 Å². The molecule has 0 saturated carbocycles. The van der Waals surface area contributed by atoms with Gasteiger partial charge in [0.25, 0.3) is 0 Å². The van der Waals surface area contributed by atoms with Crippen LogP contribution < -0.4 is 14.1 Å². The van der Waals surface area contributed by atoms with Crippen LogP contribution in [0.2, 0.25) is 18.1 Å². The Labute approximate surface area is 216 Å². The Bertz CT molecular complexity index is 1250. The molecule has 0 bridgehead atoms. The van der Waals surface area contributed by atoms with Crippen LogP contribution in [0.3, 0.4) is 0 Å². The smallest absolute Gasteiger partial charge is 0.412 e. The van der Waals surface area contributed by atoms with Crippen molar-refractivity contribution in [1.82, 2.24) is 4.98 Å². The second-order valence-electron chi connectivity index (χ2n) is 10.9. The molecule has 0 aliphatic heterocycles. The lowest BCUT2D eigenvalue weighted by atomic mass is 10.0. The van der Waals surface area contributed by atoms with Gasteiger partial charge in [0.1, 0.15) is 11.5 Å². The van der Waals surface area contributed by atoms with Crippen LogP contribution in [-0.4, -0.2) is 31.6 Å². The van der Waals surface area contributed by atoms with Crippen molar-refractivity contribution in [1.29, 1.82) is 0 Å². The summed E-state index contributed by atoms with van der Waals surface area (Å²) in [7, 11) is -0.312. The zero-order valence-corrected chi connectivity index (χ0v) is 23.9. The zero-order valence-electron chi connectivity index (χ0n) is 22.9. The highest BCUT2D eigenvalue weighted by Gasteiger charge is 2.38. The van der Waals surface area contributed by atoms with Crippen LogP contribution in [-0.2, 0) is 6.54 Å². The second kappa shape index (κ2) is 10.3. The van der Waals surface area contributed by atoms with Crippen LogP contribution in [0.4, 0.5) is 10.5 Å². The largest absolute Gasteiger partial charge is 0.544 e. The van der Waals surface area contributed by atoms with Crippen LogP contribution >= 0.6 is 0 Å². The van der Waals surface area contributed by atoms with Crippen molar-refractivity contribution in [2.45, 2.75) is 66.2 Å². The number of methoxy groups -OCH3 is 1. The minimum Gasteiger partial charge on any atom is -0.544 e. The van der Waals surface area contributed by atoms with Crippen molar-refractivity contribution in [2.75, 3.05) is 12.0 Å². The molecule has 0 atom stereocenters. The van der Waals surface area contributed by atoms with Crippen molar-refractivity contribution in [3.8, 4) is 22.6 Å². The van der Waals surface area contributed by atoms with Crippen LogP contribution in [0.25, 0.3) is 11.1 Å². The quantitative estimate of drug-likeness (QED) is 0.332. The van der Waals surface area contributed by atoms with Crippen LogP contribution in [0.1, 0.15) is 43.2 Å². The van der Waals surface area contributed by atoms with Gasteiger partial charge in [-0.15, -0.1) is 0 Å². The first-order valence-electron chi connectivity index (χ1n) is 12.1. The molecule has 3 aromatic rings. The Balaban J connectivity index is 1.93. The average Bonchev–Trinajstić information content (AvgIpc) is 2.78. The Hall–Kier alpha value is -3.32. The van der Waals surface area contributed by atoms with Crippen molar-refractivity contribution in [2.24, 2.45) is 0 Å². The molecule has 0 spiro atoms. The highest BCUT2D eigenvalue weighted by atomic mass is 28.4. The number of rotatable bonds is 7. The molecule has 3 rings (SSSR count). The maximum absolute atomic E-state index is 12.3. The summed E-state index contributed by atoms with van der Waals surface area (Å²) in [5, 5.41) is 10.2. The molecular weight excluding hydrogens is 468 g/mol. The van der Waals surface area contributed by atoms with Gasteiger partial charge in [0, 0.05) is 23.0 Å². The number of hydrogen-bond donors (Lipinski definition) is 1. The lowest BCUT2D eigenvalue weighted by Gasteiger charge is -2.36. The molecule has 0 saturated heterocycles. The highest BCUT2D eigenvalue weighted by molar-refractivity contribution is 6.74. The number of aromatic nitrogens is 1. The number of hydrogen-bond acceptors (Lipinski definition) is 4. The fourth-order valence-corrected chi connectivity index (χ4v) is 4.93. The number of nitrogens with zero attached hydrogens (tertiary/aromatic N) is 2. The van der Waals surface area contributed by atoms with Crippen LogP contribution in [0, 0.1) is 20.8 Å². The Kier molecular flexibility index (Phi) is 7.84. The van der Waals surface area contributed by atoms with Gasteiger partial charge in [0.15, 0.2) is 0 Å². The molecule has 0 aliphatic rings. The molecule has 0 aliphatic carbocycles. The standard InChI is InChI=1S/C29H38N2O4Si/c1-19-14-23(22-10-12-25(13-11-22)35-36(8,9)29(4,5)6)16-24(15-19)31(28(32)33)18-26-21(3)27(34-7)20(2)17-30-26/h10-17H,18H2,1-9H3,(H,32,33). The number of pyridine rings is 1. The molecule has 7 heteroatoms. The van der Waals surface area contributed by atoms with Crippen molar-refractivity contribution in [3.63, 3.8) is 0 Å². The van der Waals surface area contributed by atoms with E-state index < -0.39 is 14.4 Å². The molecule has 0 fully saturated rings. The van der Waals surface area contributed by atoms with Crippen LogP contribution in [0.15, 0.2) is 48.7 Å². The maximum atomic E-state index is 12.3. The van der Waals surface area contributed by atoms with Crippen molar-refractivity contribution >= 4 is 20.1 Å². The highest BCUT2D eigenvalue weighted by Crippen LogP contribution is 2.38. The molecule has 1 aromatic heterocycles. The minimum atomic E-state index is -1.93. The van der Waals surface area contributed by atoms with E-state index >= 15 is 0 Å². The summed E-state index contributed by atoms with van der Waals surface area (Å²) in [4.78, 5) is 18.1. The topological polar surface area (TPSA) is 71.9 Å². The van der Waals surface area contributed by atoms with Gasteiger partial charge in [-0.1, -0.05) is 39.0 Å². The molecule has 1 heterocycles. The number of carboxylic acid groups (broad SMARTS) is 1. The van der Waals surface area contributed by atoms with Gasteiger partial charge >= 0.3 is 6.09 Å². The molecule has 192 valence electrons. The van der Waals surface area contributed by atoms with E-state index in [9.17, 15) is 9.90 Å². The van der Waals surface area contributed by atoms with Crippen molar-refractivity contribution < 1.29 is 19.1 Å². The first kappa shape index (κ1) is 27.3. The summed E-state index contributed by atoms with van der Waals surface area (Å²) < 4.78 is 11.9. The van der Waals surface area contributed by atoms with Crippen molar-refractivity contribution in [3.05, 3.63) is 71.0 Å². The predicted molar refractivity (Wildman–Crippen MR) is 149 cm³/mol. The lowest BCUT2D eigenvalue weighted by molar-refractivity contribution is 0.201. The van der Waals surface area contributed by atoms with Crippen LogP contribution in [0.5, 0.6) is 11.5 Å². The predicted octanol–water partition coefficient (Wildman–Crippen LogP) is 7.75. The van der Waals surface area contributed by atoms with Gasteiger partial charge in [-0.05, 0) is 79.9 Å². The molecule has 1 N–H and O–H groups in total. The Morgan fingerprint density at radius 3 is 2.22 bits per heavy atom. The number of ether oxygens (including phenoxy) is 1. The monoisotopic (exact) mass is 506 g/mol. The van der Waals surface area contributed by atoms with E-state index in [0.29, 0.717) is 11.4 Å². The average molecular weight is 507 g/mol. The normalized spacial score (nSPS) is 11.8. The summed E-state index contributed by atoms with van der Waals surface area (Å²) in [5.74, 6) is 1.59. The summed E-state index contributed by atoms with van der Waals surface area (Å²) in [6.07, 6.45) is 0.682. The summed E-state index contributed by atoms with van der Waals surface area (Å²) in [6.45, 7) is 17.1. The van der Waals surface area contributed by atoms with E-state index in [0.717, 1.165) is 39.3 Å². The molecule has 6 nitrogen and oxygen atoms in total. The van der Waals surface area contributed by atoms with E-state index in [2.05, 4.69) is 44.9 Å². The van der Waals surface area contributed by atoms with E-state index in [1.54, 1.807) is 13.3 Å². The Morgan fingerprint density at radius 1 is 1.03 bits per heavy atom. The number of anilines is 1. The third kappa shape index (κ3) is 5.90. The maximum Gasteiger partial charge on any atom is 0.412 e.